The van der Waals surface area contributed by atoms with E-state index in [2.05, 4.69) is 10.6 Å². The lowest BCUT2D eigenvalue weighted by molar-refractivity contribution is -0.114. The molecular weight excluding hydrogens is 323 g/mol. The minimum absolute atomic E-state index is 0.00708. The Morgan fingerprint density at radius 3 is 2.41 bits per heavy atom. The molecule has 2 aromatic carbocycles. The maximum Gasteiger partial charge on any atom is 0.243 e. The third kappa shape index (κ3) is 4.00. The molecule has 0 fully saturated rings. The van der Waals surface area contributed by atoms with Crippen LogP contribution in [-0.2, 0) is 4.79 Å². The first-order valence-electron chi connectivity index (χ1n) is 6.56. The highest BCUT2D eigenvalue weighted by atomic mass is 35.5. The van der Waals surface area contributed by atoms with E-state index in [-0.39, 0.29) is 18.2 Å². The molecule has 0 saturated heterocycles. The van der Waals surface area contributed by atoms with E-state index in [9.17, 15) is 9.59 Å². The predicted molar refractivity (Wildman–Crippen MR) is 90.0 cm³/mol. The van der Waals surface area contributed by atoms with E-state index in [1.165, 1.54) is 6.92 Å². The smallest absolute Gasteiger partial charge is 0.243 e. The first-order chi connectivity index (χ1) is 10.5. The van der Waals surface area contributed by atoms with Crippen LogP contribution < -0.4 is 10.6 Å². The van der Waals surface area contributed by atoms with Gasteiger partial charge in [-0.1, -0.05) is 41.4 Å². The Morgan fingerprint density at radius 1 is 1.00 bits per heavy atom. The molecule has 0 bridgehead atoms. The molecule has 114 valence electrons. The van der Waals surface area contributed by atoms with Crippen molar-refractivity contribution < 1.29 is 9.59 Å². The lowest BCUT2D eigenvalue weighted by atomic mass is 10.1. The number of amides is 1. The molecule has 0 saturated carbocycles. The van der Waals surface area contributed by atoms with Crippen LogP contribution in [0.2, 0.25) is 10.0 Å². The summed E-state index contributed by atoms with van der Waals surface area (Å²) in [5.41, 5.74) is 1.60. The van der Waals surface area contributed by atoms with Crippen LogP contribution in [0.1, 0.15) is 17.3 Å². The van der Waals surface area contributed by atoms with Gasteiger partial charge in [0.25, 0.3) is 0 Å². The fourth-order valence-electron chi connectivity index (χ4n) is 1.91. The average Bonchev–Trinajstić information content (AvgIpc) is 2.50. The van der Waals surface area contributed by atoms with Crippen LogP contribution in [0.25, 0.3) is 0 Å². The molecule has 2 aromatic rings. The summed E-state index contributed by atoms with van der Waals surface area (Å²) < 4.78 is 0. The maximum absolute atomic E-state index is 12.0. The molecule has 0 aliphatic heterocycles. The second kappa shape index (κ2) is 7.29. The molecule has 0 aliphatic rings. The molecule has 0 radical (unpaired) electrons. The zero-order valence-electron chi connectivity index (χ0n) is 11.8. The molecule has 6 heteroatoms. The largest absolute Gasteiger partial charge is 0.376 e. The summed E-state index contributed by atoms with van der Waals surface area (Å²) in [5, 5.41) is 6.27. The van der Waals surface area contributed by atoms with Crippen molar-refractivity contribution in [2.75, 3.05) is 17.2 Å². The number of Topliss-reactive ketones (excluding diaryl/α,β-unsaturated/α-hetero) is 1. The van der Waals surface area contributed by atoms with Crippen molar-refractivity contribution in [1.82, 2.24) is 0 Å². The summed E-state index contributed by atoms with van der Waals surface area (Å²) in [6.07, 6.45) is 0. The Hall–Kier alpha value is -2.04. The molecule has 0 unspecified atom stereocenters. The standard InChI is InChI=1S/C16H14Cl2N2O2/c1-10(21)11-5-2-3-7-13(11)19-9-15(22)20-14-8-4-6-12(17)16(14)18/h2-8,19H,9H2,1H3,(H,20,22). The number of ketones is 1. The summed E-state index contributed by atoms with van der Waals surface area (Å²) >= 11 is 11.9. The molecule has 22 heavy (non-hydrogen) atoms. The second-order valence-electron chi connectivity index (χ2n) is 4.60. The fraction of sp³-hybridized carbons (Fsp3) is 0.125. The van der Waals surface area contributed by atoms with E-state index in [1.807, 2.05) is 0 Å². The fourth-order valence-corrected chi connectivity index (χ4v) is 2.26. The number of benzene rings is 2. The molecule has 0 atom stereocenters. The van der Waals surface area contributed by atoms with Gasteiger partial charge in [0.2, 0.25) is 5.91 Å². The highest BCUT2D eigenvalue weighted by molar-refractivity contribution is 6.44. The van der Waals surface area contributed by atoms with Crippen molar-refractivity contribution in [2.24, 2.45) is 0 Å². The first kappa shape index (κ1) is 16.3. The van der Waals surface area contributed by atoms with Gasteiger partial charge in [-0.15, -0.1) is 0 Å². The van der Waals surface area contributed by atoms with Crippen LogP contribution in [0, 0.1) is 0 Å². The minimum Gasteiger partial charge on any atom is -0.376 e. The number of rotatable bonds is 5. The van der Waals surface area contributed by atoms with Crippen molar-refractivity contribution in [1.29, 1.82) is 0 Å². The zero-order valence-corrected chi connectivity index (χ0v) is 13.3. The van der Waals surface area contributed by atoms with Crippen molar-refractivity contribution in [3.05, 3.63) is 58.1 Å². The molecule has 4 nitrogen and oxygen atoms in total. The predicted octanol–water partition coefficient (Wildman–Crippen LogP) is 4.25. The molecular formula is C16H14Cl2N2O2. The number of anilines is 2. The van der Waals surface area contributed by atoms with Crippen LogP contribution in [0.3, 0.4) is 0 Å². The van der Waals surface area contributed by atoms with Crippen molar-refractivity contribution in [3.63, 3.8) is 0 Å². The number of halogens is 2. The van der Waals surface area contributed by atoms with Gasteiger partial charge in [0, 0.05) is 11.3 Å². The van der Waals surface area contributed by atoms with Crippen molar-refractivity contribution in [3.8, 4) is 0 Å². The van der Waals surface area contributed by atoms with Gasteiger partial charge in [0.1, 0.15) is 0 Å². The highest BCUT2D eigenvalue weighted by Gasteiger charge is 2.10. The van der Waals surface area contributed by atoms with E-state index in [0.717, 1.165) is 0 Å². The monoisotopic (exact) mass is 336 g/mol. The molecule has 2 rings (SSSR count). The number of carbonyl (C=O) groups is 2. The SMILES string of the molecule is CC(=O)c1ccccc1NCC(=O)Nc1cccc(Cl)c1Cl. The van der Waals surface area contributed by atoms with Gasteiger partial charge in [-0.3, -0.25) is 9.59 Å². The summed E-state index contributed by atoms with van der Waals surface area (Å²) in [6.45, 7) is 1.49. The quantitative estimate of drug-likeness (QED) is 0.802. The topological polar surface area (TPSA) is 58.2 Å². The Balaban J connectivity index is 2.02. The number of carbonyl (C=O) groups excluding carboxylic acids is 2. The van der Waals surface area contributed by atoms with Crippen LogP contribution >= 0.6 is 23.2 Å². The number of para-hydroxylation sites is 1. The van der Waals surface area contributed by atoms with Crippen molar-refractivity contribution in [2.45, 2.75) is 6.92 Å². The molecule has 0 spiro atoms. The van der Waals surface area contributed by atoms with Gasteiger partial charge in [0.15, 0.2) is 5.78 Å². The van der Waals surface area contributed by atoms with Crippen LogP contribution in [0.5, 0.6) is 0 Å². The lowest BCUT2D eigenvalue weighted by Gasteiger charge is -2.11. The number of hydrogen-bond acceptors (Lipinski definition) is 3. The molecule has 0 aliphatic carbocycles. The first-order valence-corrected chi connectivity index (χ1v) is 7.32. The second-order valence-corrected chi connectivity index (χ2v) is 5.39. The Bertz CT molecular complexity index is 717. The van der Waals surface area contributed by atoms with Crippen molar-refractivity contribution >= 4 is 46.3 Å². The van der Waals surface area contributed by atoms with E-state index < -0.39 is 0 Å². The van der Waals surface area contributed by atoms with E-state index in [4.69, 9.17) is 23.2 Å². The lowest BCUT2D eigenvalue weighted by Crippen LogP contribution is -2.22. The van der Waals surface area contributed by atoms with E-state index in [0.29, 0.717) is 27.0 Å². The van der Waals surface area contributed by atoms with Crippen LogP contribution in [0.4, 0.5) is 11.4 Å². The molecule has 0 heterocycles. The third-order valence-electron chi connectivity index (χ3n) is 2.97. The average molecular weight is 337 g/mol. The number of nitrogens with one attached hydrogen (secondary N) is 2. The highest BCUT2D eigenvalue weighted by Crippen LogP contribution is 2.29. The molecule has 0 aromatic heterocycles. The summed E-state index contributed by atoms with van der Waals surface area (Å²) in [6, 6.07) is 12.0. The van der Waals surface area contributed by atoms with Gasteiger partial charge in [-0.2, -0.15) is 0 Å². The Kier molecular flexibility index (Phi) is 5.41. The van der Waals surface area contributed by atoms with Gasteiger partial charge in [0.05, 0.1) is 22.3 Å². The normalized spacial score (nSPS) is 10.1. The summed E-state index contributed by atoms with van der Waals surface area (Å²) in [5.74, 6) is -0.357. The van der Waals surface area contributed by atoms with Gasteiger partial charge >= 0.3 is 0 Å². The summed E-state index contributed by atoms with van der Waals surface area (Å²) in [7, 11) is 0. The number of hydrogen-bond donors (Lipinski definition) is 2. The minimum atomic E-state index is -0.289. The van der Waals surface area contributed by atoms with Gasteiger partial charge < -0.3 is 10.6 Å². The Labute approximate surface area is 138 Å². The van der Waals surface area contributed by atoms with Crippen LogP contribution in [-0.4, -0.2) is 18.2 Å². The molecule has 1 amide bonds. The Morgan fingerprint density at radius 2 is 1.68 bits per heavy atom. The van der Waals surface area contributed by atoms with E-state index >= 15 is 0 Å². The van der Waals surface area contributed by atoms with Crippen LogP contribution in [0.15, 0.2) is 42.5 Å². The maximum atomic E-state index is 12.0. The van der Waals surface area contributed by atoms with Gasteiger partial charge in [-0.25, -0.2) is 0 Å². The third-order valence-corrected chi connectivity index (χ3v) is 3.79. The molecule has 2 N–H and O–H groups in total. The zero-order chi connectivity index (χ0) is 16.1. The van der Waals surface area contributed by atoms with Gasteiger partial charge in [-0.05, 0) is 31.2 Å². The summed E-state index contributed by atoms with van der Waals surface area (Å²) in [4.78, 5) is 23.5. The van der Waals surface area contributed by atoms with E-state index in [1.54, 1.807) is 42.5 Å².